The number of nitrogens with zero attached hydrogens (tertiary/aromatic N) is 7. The van der Waals surface area contributed by atoms with E-state index in [1.807, 2.05) is 12.2 Å². The van der Waals surface area contributed by atoms with E-state index in [0.29, 0.717) is 59.9 Å². The molecule has 26 heteroatoms. The first kappa shape index (κ1) is 60.9. The van der Waals surface area contributed by atoms with Gasteiger partial charge in [0.25, 0.3) is 11.8 Å². The van der Waals surface area contributed by atoms with E-state index < -0.39 is 108 Å². The number of Topliss-reactive ketones (excluding diaryl/α,β-unsaturated/α-hetero) is 4. The highest BCUT2D eigenvalue weighted by Crippen LogP contribution is 2.24. The van der Waals surface area contributed by atoms with Gasteiger partial charge in [-0.05, 0) is 6.42 Å². The summed E-state index contributed by atoms with van der Waals surface area (Å²) in [6.45, 7) is -0.0630. The van der Waals surface area contributed by atoms with Gasteiger partial charge in [0.1, 0.15) is 12.4 Å². The number of nitrogens with one attached hydrogen (secondary N) is 6. The molecule has 3 aromatic rings. The Morgan fingerprint density at radius 3 is 1.39 bits per heavy atom. The fourth-order valence-corrected chi connectivity index (χ4v) is 9.52. The number of imide groups is 1. The van der Waals surface area contributed by atoms with Crippen LogP contribution in [0.2, 0.25) is 0 Å². The number of aromatic nitrogens is 6. The minimum absolute atomic E-state index is 0.00617. The fourth-order valence-electron chi connectivity index (χ4n) is 9.52. The summed E-state index contributed by atoms with van der Waals surface area (Å²) >= 11 is 0. The van der Waals surface area contributed by atoms with Crippen LogP contribution in [0.4, 0.5) is 0 Å². The largest absolute Gasteiger partial charge is 0.379 e. The molecule has 0 radical (unpaired) electrons. The number of ether oxygens (including phenoxy) is 2. The molecule has 6 atom stereocenters. The van der Waals surface area contributed by atoms with Crippen molar-refractivity contribution >= 4 is 77.2 Å². The third-order valence-corrected chi connectivity index (χ3v) is 13.9. The smallest absolute Gasteiger partial charge is 0.253 e. The van der Waals surface area contributed by atoms with Gasteiger partial charge in [-0.25, -0.2) is 15.0 Å². The first-order valence-electron chi connectivity index (χ1n) is 27.2. The van der Waals surface area contributed by atoms with Crippen LogP contribution in [-0.2, 0) is 76.7 Å². The van der Waals surface area contributed by atoms with Crippen LogP contribution in [0.25, 0.3) is 0 Å². The molecular weight excluding hydrogens is 1060 g/mol. The quantitative estimate of drug-likeness (QED) is 0.0314. The number of rotatable bonds is 39. The lowest BCUT2D eigenvalue weighted by atomic mass is 9.89. The van der Waals surface area contributed by atoms with E-state index in [-0.39, 0.29) is 89.9 Å². The van der Waals surface area contributed by atoms with E-state index in [9.17, 15) is 47.9 Å². The Labute approximate surface area is 471 Å². The lowest BCUT2D eigenvalue weighted by Gasteiger charge is -2.26. The second kappa shape index (κ2) is 31.3. The topological polar surface area (TPSA) is 378 Å². The average Bonchev–Trinajstić information content (AvgIpc) is 4.38. The maximum atomic E-state index is 14.8. The van der Waals surface area contributed by atoms with Gasteiger partial charge in [0, 0.05) is 187 Å². The number of carbonyl (C=O) groups excluding carboxylic acids is 10. The number of allylic oxidation sites excluding steroid dienone is 3. The molecule has 7 rings (SSSR count). The Morgan fingerprint density at radius 2 is 0.976 bits per heavy atom. The van der Waals surface area contributed by atoms with Crippen LogP contribution in [-0.4, -0.2) is 163 Å². The van der Waals surface area contributed by atoms with Gasteiger partial charge in [0.15, 0.2) is 17.3 Å². The molecule has 3 aromatic heterocycles. The number of amides is 6. The van der Waals surface area contributed by atoms with Gasteiger partial charge in [-0.2, -0.15) is 0 Å². The van der Waals surface area contributed by atoms with E-state index in [1.165, 1.54) is 37.6 Å². The fraction of sp³-hybridized carbons (Fsp3) is 0.464. The zero-order valence-corrected chi connectivity index (χ0v) is 45.3. The van der Waals surface area contributed by atoms with Crippen molar-refractivity contribution in [1.82, 2.24) is 50.8 Å². The number of aliphatic imine (C=N–C) groups is 3. The molecule has 434 valence electrons. The highest BCUT2D eigenvalue weighted by atomic mass is 16.5. The van der Waals surface area contributed by atoms with Gasteiger partial charge in [0.2, 0.25) is 23.6 Å². The second-order valence-electron chi connectivity index (χ2n) is 20.1. The molecule has 0 spiro atoms. The maximum absolute atomic E-state index is 14.8. The molecule has 6 amide bonds. The molecule has 4 aliphatic rings. The third kappa shape index (κ3) is 19.5. The van der Waals surface area contributed by atoms with Crippen LogP contribution < -0.4 is 21.7 Å². The number of hydrogen-bond donors (Lipinski definition) is 7. The maximum Gasteiger partial charge on any atom is 0.253 e. The minimum Gasteiger partial charge on any atom is -0.379 e. The highest BCUT2D eigenvalue weighted by molar-refractivity contribution is 6.13. The van der Waals surface area contributed by atoms with Gasteiger partial charge in [0.05, 0.1) is 68.1 Å². The molecule has 0 saturated heterocycles. The number of aromatic amines is 3. The van der Waals surface area contributed by atoms with Crippen molar-refractivity contribution in [3.8, 4) is 0 Å². The summed E-state index contributed by atoms with van der Waals surface area (Å²) in [6.07, 6.45) is 22.7. The van der Waals surface area contributed by atoms with Crippen LogP contribution in [0.1, 0.15) is 94.1 Å². The first-order valence-corrected chi connectivity index (χ1v) is 27.2. The molecular formula is C56H68N14O12. The zero-order chi connectivity index (χ0) is 58.2. The molecule has 6 unspecified atom stereocenters. The number of hydrogen-bond acceptors (Lipinski definition) is 18. The molecule has 0 fully saturated rings. The number of H-pyrrole nitrogens is 3. The van der Waals surface area contributed by atoms with Crippen molar-refractivity contribution in [2.24, 2.45) is 38.5 Å². The predicted molar refractivity (Wildman–Crippen MR) is 295 cm³/mol. The van der Waals surface area contributed by atoms with E-state index in [2.05, 4.69) is 60.8 Å². The van der Waals surface area contributed by atoms with Gasteiger partial charge >= 0.3 is 0 Å². The summed E-state index contributed by atoms with van der Waals surface area (Å²) < 4.78 is 11.1. The number of primary amides is 1. The number of carbonyl (C=O) groups is 10. The van der Waals surface area contributed by atoms with Crippen molar-refractivity contribution < 1.29 is 57.4 Å². The van der Waals surface area contributed by atoms with Crippen molar-refractivity contribution in [3.05, 3.63) is 102 Å². The summed E-state index contributed by atoms with van der Waals surface area (Å²) in [5, 5.41) is 8.49. The van der Waals surface area contributed by atoms with Crippen molar-refractivity contribution in [2.75, 3.05) is 33.0 Å². The Bertz CT molecular complexity index is 2960. The van der Waals surface area contributed by atoms with Crippen LogP contribution in [0.5, 0.6) is 0 Å². The van der Waals surface area contributed by atoms with E-state index >= 15 is 0 Å². The van der Waals surface area contributed by atoms with Gasteiger partial charge < -0.3 is 46.1 Å². The number of nitrogens with two attached hydrogens (primary N) is 1. The van der Waals surface area contributed by atoms with Crippen molar-refractivity contribution in [1.29, 1.82) is 0 Å². The Balaban J connectivity index is 0.991. The van der Waals surface area contributed by atoms with Crippen molar-refractivity contribution in [2.45, 2.75) is 114 Å². The normalized spacial score (nSPS) is 16.5. The third-order valence-electron chi connectivity index (χ3n) is 13.9. The highest BCUT2D eigenvalue weighted by Gasteiger charge is 2.36. The summed E-state index contributed by atoms with van der Waals surface area (Å²) in [5.74, 6) is -8.33. The summed E-state index contributed by atoms with van der Waals surface area (Å²) in [6, 6.07) is -3.55. The van der Waals surface area contributed by atoms with E-state index in [4.69, 9.17) is 15.2 Å². The molecule has 0 bridgehead atoms. The standard InChI is InChI=1S/C56H68N14O12/c57-54(78)35(19-41-28-58-32-64-41)22-48(72)46(26-39-6-2-13-62-39)68-56(80)37(21-43-30-60-34-66-43)24-50(74)47(27-40-7-3-14-63-40)69-55(79)36(20-42-29-59-33-65-42)23-49(73)45(25-38-5-1-12-61-38)67-51(75)31-82-18-17-81-16-4-8-44(71)11-15-70-52(76)9-10-53(70)77/h5-7,9-10,12-14,28-30,32-37,45-47H,1-4,8,11,15-27,31H2,(H2,57,78)(H,58,64)(H,59,65)(H,60,66)(H,67,75)(H,68,80)(H,69,79). The Hall–Kier alpha value is -8.78. The Kier molecular flexibility index (Phi) is 23.2. The van der Waals surface area contributed by atoms with Crippen LogP contribution >= 0.6 is 0 Å². The summed E-state index contributed by atoms with van der Waals surface area (Å²) in [4.78, 5) is 169. The van der Waals surface area contributed by atoms with Gasteiger partial charge in [-0.3, -0.25) is 67.8 Å². The van der Waals surface area contributed by atoms with Crippen LogP contribution in [0, 0.1) is 17.8 Å². The molecule has 0 aliphatic carbocycles. The second-order valence-corrected chi connectivity index (χ2v) is 20.1. The number of imidazole rings is 3. The molecule has 4 aliphatic heterocycles. The van der Waals surface area contributed by atoms with Crippen molar-refractivity contribution in [3.63, 3.8) is 0 Å². The summed E-state index contributed by atoms with van der Waals surface area (Å²) in [7, 11) is 0. The average molecular weight is 1130 g/mol. The van der Waals surface area contributed by atoms with E-state index in [0.717, 1.165) is 17.1 Å². The first-order chi connectivity index (χ1) is 39.7. The zero-order valence-electron chi connectivity index (χ0n) is 45.3. The van der Waals surface area contributed by atoms with Gasteiger partial charge in [-0.15, -0.1) is 0 Å². The Morgan fingerprint density at radius 1 is 0.549 bits per heavy atom. The number of ketones is 4. The van der Waals surface area contributed by atoms with E-state index in [1.54, 1.807) is 24.7 Å². The lowest BCUT2D eigenvalue weighted by Crippen LogP contribution is -2.49. The molecule has 0 saturated carbocycles. The SMILES string of the molecule is NC(=O)C(CC(=O)C(CC1=CCC=N1)NC(=O)C(CC(=O)C(CC1=CCC=N1)NC(=O)C(CC(=O)C(CC1=CCC=N1)NC(=O)COCCOCCCC(=O)CCN1C(=O)C=CC1=O)Cc1cnc[nH]1)Cc1cnc[nH]1)Cc1cnc[nH]1. The molecule has 0 aromatic carbocycles. The van der Waals surface area contributed by atoms with Crippen LogP contribution in [0.15, 0.2) is 100 Å². The predicted octanol–water partition coefficient (Wildman–Crippen LogP) is 1.49. The summed E-state index contributed by atoms with van der Waals surface area (Å²) in [5.41, 5.74) is 8.99. The molecule has 7 heterocycles. The molecule has 26 nitrogen and oxygen atoms in total. The minimum atomic E-state index is -1.25. The van der Waals surface area contributed by atoms with Crippen LogP contribution in [0.3, 0.4) is 0 Å². The molecule has 82 heavy (non-hydrogen) atoms. The van der Waals surface area contributed by atoms with Gasteiger partial charge in [-0.1, -0.05) is 18.2 Å². The lowest BCUT2D eigenvalue weighted by molar-refractivity contribution is -0.137. The monoisotopic (exact) mass is 1130 g/mol. The molecule has 8 N–H and O–H groups in total.